The average Bonchev–Trinajstić information content (AvgIpc) is 1.54. The van der Waals surface area contributed by atoms with Crippen molar-refractivity contribution < 1.29 is 85.0 Å². The quantitative estimate of drug-likeness (QED) is 0.240. The van der Waals surface area contributed by atoms with Gasteiger partial charge >= 0.3 is 36.9 Å². The molecule has 12 N–H and O–H groups in total. The molecule has 0 aliphatic carbocycles. The van der Waals surface area contributed by atoms with E-state index >= 15 is 0 Å². The summed E-state index contributed by atoms with van der Waals surface area (Å²) in [6.45, 7) is 0. The molecule has 0 rings (SSSR count). The molecule has 0 aromatic heterocycles. The summed E-state index contributed by atoms with van der Waals surface area (Å²) >= 11 is 0. The summed E-state index contributed by atoms with van der Waals surface area (Å²) in [5, 5.41) is 44.2. The molecule has 0 spiro atoms. The van der Waals surface area contributed by atoms with Gasteiger partial charge in [-0.05, 0) is 0 Å². The molecule has 0 amide bonds. The first-order valence-corrected chi connectivity index (χ1v) is 1.64. The molecule has 0 heterocycles. The molecule has 0 aliphatic heterocycles. The van der Waals surface area contributed by atoms with Gasteiger partial charge in [-0.25, -0.2) is 0 Å². The van der Waals surface area contributed by atoms with Crippen LogP contribution in [-0.2, 0) is 0 Å². The Hall–Kier alpha value is -1.41. The van der Waals surface area contributed by atoms with Gasteiger partial charge in [-0.1, -0.05) is 0 Å². The van der Waals surface area contributed by atoms with E-state index in [4.69, 9.17) is 46.0 Å². The van der Waals surface area contributed by atoms with Crippen molar-refractivity contribution in [3.05, 3.63) is 46.0 Å². The standard InChI is InChI=1S/Lu.3NO3.6H2O/c;3*2-1(3)4;;;;;;/h;;;;6*1H2/q+3;3*-1;;;;;;. The maximum absolute atomic E-state index is 8.25. The third-order valence-electron chi connectivity index (χ3n) is 0. The second-order valence-corrected chi connectivity index (χ2v) is 0.671. The van der Waals surface area contributed by atoms with E-state index in [-0.39, 0.29) is 69.7 Å². The van der Waals surface area contributed by atoms with Crippen molar-refractivity contribution in [1.82, 2.24) is 0 Å². The van der Waals surface area contributed by atoms with E-state index in [0.717, 1.165) is 0 Å². The molecule has 0 radical (unpaired) electrons. The second-order valence-electron chi connectivity index (χ2n) is 0.671. The van der Waals surface area contributed by atoms with Gasteiger partial charge in [0.2, 0.25) is 0 Å². The SMILES string of the molecule is O.O.O.O.O.O.O=[N+]([O-])[O-].O=[N+]([O-])[O-].O=[N+]([O-])[O-].[Lu+3]. The van der Waals surface area contributed by atoms with Gasteiger partial charge in [-0.15, -0.1) is 0 Å². The molecule has 19 heteroatoms. The van der Waals surface area contributed by atoms with Crippen LogP contribution in [0.4, 0.5) is 0 Å². The van der Waals surface area contributed by atoms with Crippen LogP contribution in [0, 0.1) is 82.8 Å². The van der Waals surface area contributed by atoms with Crippen molar-refractivity contribution in [3.63, 3.8) is 0 Å². The second kappa shape index (κ2) is 70.0. The van der Waals surface area contributed by atoms with Gasteiger partial charge in [0, 0.05) is 0 Å². The van der Waals surface area contributed by atoms with E-state index in [9.17, 15) is 0 Å². The van der Waals surface area contributed by atoms with Crippen molar-refractivity contribution in [2.24, 2.45) is 0 Å². The summed E-state index contributed by atoms with van der Waals surface area (Å²) in [5.41, 5.74) is 0. The van der Waals surface area contributed by atoms with E-state index < -0.39 is 15.3 Å². The van der Waals surface area contributed by atoms with Crippen LogP contribution in [0.25, 0.3) is 0 Å². The van der Waals surface area contributed by atoms with E-state index in [0.29, 0.717) is 0 Å². The minimum absolute atomic E-state index is 0. The third-order valence-corrected chi connectivity index (χ3v) is 0. The number of hydrogen-bond acceptors (Lipinski definition) is 9. The molecular formula is H12LuN3O15. The van der Waals surface area contributed by atoms with Crippen LogP contribution in [-0.4, -0.2) is 48.1 Å². The van der Waals surface area contributed by atoms with Crippen molar-refractivity contribution in [2.45, 2.75) is 0 Å². The van der Waals surface area contributed by atoms with Crippen LogP contribution in [0.15, 0.2) is 0 Å². The summed E-state index contributed by atoms with van der Waals surface area (Å²) in [7, 11) is 0. The average molecular weight is 469 g/mol. The zero-order chi connectivity index (χ0) is 10.7. The first-order chi connectivity index (χ1) is 5.20. The Labute approximate surface area is 131 Å². The van der Waals surface area contributed by atoms with Gasteiger partial charge in [0.1, 0.15) is 0 Å². The summed E-state index contributed by atoms with van der Waals surface area (Å²) < 4.78 is 0. The van der Waals surface area contributed by atoms with Crippen LogP contribution >= 0.6 is 0 Å². The molecule has 18 nitrogen and oxygen atoms in total. The fraction of sp³-hybridized carbons (Fsp3) is 0. The van der Waals surface area contributed by atoms with Gasteiger partial charge in [0.05, 0.1) is 15.3 Å². The smallest absolute Gasteiger partial charge is 0.412 e. The van der Waals surface area contributed by atoms with Gasteiger partial charge in [0.25, 0.3) is 0 Å². The number of hydrogen-bond donors (Lipinski definition) is 0. The van der Waals surface area contributed by atoms with Crippen LogP contribution in [0.5, 0.6) is 0 Å². The zero-order valence-electron chi connectivity index (χ0n) is 8.27. The van der Waals surface area contributed by atoms with Crippen LogP contribution in [0.2, 0.25) is 0 Å². The molecule has 0 atom stereocenters. The number of nitrogens with zero attached hydrogens (tertiary/aromatic N) is 3. The molecule has 0 saturated heterocycles. The first-order valence-electron chi connectivity index (χ1n) is 1.64. The topological polar surface area (TPSA) is 388 Å². The molecule has 0 aromatic rings. The van der Waals surface area contributed by atoms with E-state index in [1.54, 1.807) is 0 Å². The van der Waals surface area contributed by atoms with Crippen LogP contribution in [0.1, 0.15) is 0 Å². The molecule has 0 aromatic carbocycles. The first kappa shape index (κ1) is 84.0. The van der Waals surface area contributed by atoms with Crippen molar-refractivity contribution >= 4 is 0 Å². The Balaban J connectivity index is -0.00000000675. The molecule has 19 heavy (non-hydrogen) atoms. The molecule has 0 saturated carbocycles. The summed E-state index contributed by atoms with van der Waals surface area (Å²) in [4.78, 5) is 24.8. The predicted molar refractivity (Wildman–Crippen MR) is 52.8 cm³/mol. The van der Waals surface area contributed by atoms with Gasteiger partial charge in [-0.2, -0.15) is 0 Å². The maximum atomic E-state index is 8.25. The molecular weight excluding hydrogens is 457 g/mol. The van der Waals surface area contributed by atoms with Crippen LogP contribution < -0.4 is 0 Å². The summed E-state index contributed by atoms with van der Waals surface area (Å²) in [6.07, 6.45) is 0. The fourth-order valence-electron chi connectivity index (χ4n) is 0. The molecule has 0 unspecified atom stereocenters. The van der Waals surface area contributed by atoms with Gasteiger partial charge in [0.15, 0.2) is 0 Å². The van der Waals surface area contributed by atoms with Crippen LogP contribution in [0.3, 0.4) is 0 Å². The maximum Gasteiger partial charge on any atom is 3.00 e. The Bertz CT molecular complexity index is 115. The summed E-state index contributed by atoms with van der Waals surface area (Å²) in [5.74, 6) is 0. The van der Waals surface area contributed by atoms with E-state index in [1.165, 1.54) is 0 Å². The van der Waals surface area contributed by atoms with E-state index in [2.05, 4.69) is 0 Å². The Kier molecular flexibility index (Phi) is 309. The third kappa shape index (κ3) is 1790. The van der Waals surface area contributed by atoms with Gasteiger partial charge in [-0.3, -0.25) is 0 Å². The number of rotatable bonds is 0. The minimum atomic E-state index is -1.75. The zero-order valence-corrected chi connectivity index (χ0v) is 9.93. The van der Waals surface area contributed by atoms with Gasteiger partial charge < -0.3 is 78.8 Å². The van der Waals surface area contributed by atoms with E-state index in [1.807, 2.05) is 0 Å². The molecule has 0 aliphatic rings. The summed E-state index contributed by atoms with van der Waals surface area (Å²) in [6, 6.07) is 0. The fourth-order valence-corrected chi connectivity index (χ4v) is 0. The minimum Gasteiger partial charge on any atom is -0.412 e. The normalized spacial score (nSPS) is 3.79. The molecule has 0 bridgehead atoms. The van der Waals surface area contributed by atoms with Crippen molar-refractivity contribution in [3.8, 4) is 0 Å². The monoisotopic (exact) mass is 469 g/mol. The molecule has 132 valence electrons. The van der Waals surface area contributed by atoms with Crippen molar-refractivity contribution in [2.75, 3.05) is 0 Å². The van der Waals surface area contributed by atoms with Crippen molar-refractivity contribution in [1.29, 1.82) is 0 Å². The molecule has 0 fully saturated rings. The predicted octanol–water partition coefficient (Wildman–Crippen LogP) is -5.67. The Morgan fingerprint density at radius 1 is 0.421 bits per heavy atom. The largest absolute Gasteiger partial charge is 3.00 e. The Morgan fingerprint density at radius 2 is 0.421 bits per heavy atom. The Morgan fingerprint density at radius 3 is 0.421 bits per heavy atom.